The summed E-state index contributed by atoms with van der Waals surface area (Å²) in [6, 6.07) is 5.89. The smallest absolute Gasteiger partial charge is 0.255 e. The number of anilines is 2. The Morgan fingerprint density at radius 1 is 1.41 bits per heavy atom. The average Bonchev–Trinajstić information content (AvgIpc) is 2.22. The summed E-state index contributed by atoms with van der Waals surface area (Å²) in [7, 11) is 3.51. The molecule has 0 unspecified atom stereocenters. The van der Waals surface area contributed by atoms with Crippen LogP contribution in [0, 0.1) is 0 Å². The molecule has 3 N–H and O–H groups in total. The maximum absolute atomic E-state index is 12.0. The number of rotatable bonds is 3. The molecule has 92 valence electrons. The lowest BCUT2D eigenvalue weighted by atomic mass is 9.92. The van der Waals surface area contributed by atoms with E-state index in [0.717, 1.165) is 5.69 Å². The first-order chi connectivity index (χ1) is 8.08. The van der Waals surface area contributed by atoms with Crippen molar-refractivity contribution < 1.29 is 4.79 Å². The molecular formula is C13H19N3O. The van der Waals surface area contributed by atoms with Crippen LogP contribution >= 0.6 is 0 Å². The third-order valence-corrected chi connectivity index (χ3v) is 3.15. The highest BCUT2D eigenvalue weighted by atomic mass is 16.2. The number of nitrogens with zero attached hydrogens (tertiary/aromatic N) is 1. The largest absolute Gasteiger partial charge is 0.399 e. The van der Waals surface area contributed by atoms with Crippen LogP contribution in [0.2, 0.25) is 0 Å². The molecule has 4 heteroatoms. The van der Waals surface area contributed by atoms with Gasteiger partial charge in [0.05, 0.1) is 5.56 Å². The molecule has 0 aromatic heterocycles. The third kappa shape index (κ3) is 2.52. The Kier molecular flexibility index (Phi) is 3.22. The molecule has 0 bridgehead atoms. The zero-order valence-electron chi connectivity index (χ0n) is 10.4. The Labute approximate surface area is 102 Å². The van der Waals surface area contributed by atoms with Crippen LogP contribution in [0.3, 0.4) is 0 Å². The molecule has 1 saturated carbocycles. The number of nitrogens with two attached hydrogens (primary N) is 1. The number of benzene rings is 1. The maximum atomic E-state index is 12.0. The molecule has 1 aromatic carbocycles. The van der Waals surface area contributed by atoms with Crippen LogP contribution < -0.4 is 11.1 Å². The average molecular weight is 233 g/mol. The zero-order chi connectivity index (χ0) is 12.4. The molecule has 2 rings (SSSR count). The van der Waals surface area contributed by atoms with Gasteiger partial charge in [-0.1, -0.05) is 0 Å². The molecule has 1 aliphatic rings. The van der Waals surface area contributed by atoms with Crippen LogP contribution in [0.5, 0.6) is 0 Å². The van der Waals surface area contributed by atoms with Gasteiger partial charge < -0.3 is 16.0 Å². The van der Waals surface area contributed by atoms with Gasteiger partial charge in [0.2, 0.25) is 0 Å². The number of nitrogen functional groups attached to an aromatic ring is 1. The monoisotopic (exact) mass is 233 g/mol. The van der Waals surface area contributed by atoms with Gasteiger partial charge in [-0.3, -0.25) is 4.79 Å². The summed E-state index contributed by atoms with van der Waals surface area (Å²) in [6.45, 7) is 0. The molecule has 17 heavy (non-hydrogen) atoms. The highest BCUT2D eigenvalue weighted by molar-refractivity contribution is 6.00. The van der Waals surface area contributed by atoms with E-state index < -0.39 is 0 Å². The van der Waals surface area contributed by atoms with Gasteiger partial charge in [-0.2, -0.15) is 0 Å². The van der Waals surface area contributed by atoms with Crippen molar-refractivity contribution >= 4 is 17.3 Å². The zero-order valence-corrected chi connectivity index (χ0v) is 10.4. The normalized spacial score (nSPS) is 15.2. The van der Waals surface area contributed by atoms with Crippen LogP contribution in [-0.2, 0) is 0 Å². The quantitative estimate of drug-likeness (QED) is 0.784. The Morgan fingerprint density at radius 3 is 2.65 bits per heavy atom. The fraction of sp³-hybridized carbons (Fsp3) is 0.462. The molecule has 1 amide bonds. The van der Waals surface area contributed by atoms with Crippen molar-refractivity contribution in [2.24, 2.45) is 0 Å². The Balaban J connectivity index is 2.26. The highest BCUT2D eigenvalue weighted by Gasteiger charge is 2.20. The number of hydrogen-bond donors (Lipinski definition) is 2. The summed E-state index contributed by atoms with van der Waals surface area (Å²) < 4.78 is 0. The van der Waals surface area contributed by atoms with Gasteiger partial charge in [0, 0.05) is 31.5 Å². The molecule has 1 aliphatic carbocycles. The van der Waals surface area contributed by atoms with Crippen LogP contribution in [-0.4, -0.2) is 30.9 Å². The van der Waals surface area contributed by atoms with Crippen molar-refractivity contribution in [2.75, 3.05) is 25.1 Å². The van der Waals surface area contributed by atoms with Crippen LogP contribution in [0.25, 0.3) is 0 Å². The summed E-state index contributed by atoms with van der Waals surface area (Å²) in [6.07, 6.45) is 3.60. The fourth-order valence-corrected chi connectivity index (χ4v) is 1.88. The molecule has 0 atom stereocenters. The lowest BCUT2D eigenvalue weighted by Gasteiger charge is -2.29. The predicted octanol–water partition coefficient (Wildman–Crippen LogP) is 1.93. The van der Waals surface area contributed by atoms with E-state index in [1.54, 1.807) is 31.1 Å². The van der Waals surface area contributed by atoms with Crippen molar-refractivity contribution in [3.05, 3.63) is 23.8 Å². The minimum atomic E-state index is 0.00632. The number of nitrogens with one attached hydrogen (secondary N) is 1. The minimum Gasteiger partial charge on any atom is -0.399 e. The fourth-order valence-electron chi connectivity index (χ4n) is 1.88. The topological polar surface area (TPSA) is 58.4 Å². The van der Waals surface area contributed by atoms with E-state index in [2.05, 4.69) is 5.32 Å². The molecular weight excluding hydrogens is 214 g/mol. The first-order valence-electron chi connectivity index (χ1n) is 5.95. The summed E-state index contributed by atoms with van der Waals surface area (Å²) in [5.41, 5.74) is 8.00. The van der Waals surface area contributed by atoms with E-state index >= 15 is 0 Å². The summed E-state index contributed by atoms with van der Waals surface area (Å²) in [5, 5.41) is 3.40. The Hall–Kier alpha value is -1.71. The van der Waals surface area contributed by atoms with Crippen molar-refractivity contribution in [1.82, 2.24) is 4.90 Å². The summed E-state index contributed by atoms with van der Waals surface area (Å²) in [4.78, 5) is 13.6. The molecule has 1 fully saturated rings. The second-order valence-corrected chi connectivity index (χ2v) is 4.78. The van der Waals surface area contributed by atoms with Gasteiger partial charge >= 0.3 is 0 Å². The number of amides is 1. The van der Waals surface area contributed by atoms with Gasteiger partial charge in [-0.15, -0.1) is 0 Å². The van der Waals surface area contributed by atoms with Crippen molar-refractivity contribution in [2.45, 2.75) is 25.3 Å². The summed E-state index contributed by atoms with van der Waals surface area (Å²) >= 11 is 0. The molecule has 0 heterocycles. The van der Waals surface area contributed by atoms with E-state index in [9.17, 15) is 4.79 Å². The second kappa shape index (κ2) is 4.65. The van der Waals surface area contributed by atoms with Crippen molar-refractivity contribution in [3.8, 4) is 0 Å². The van der Waals surface area contributed by atoms with Gasteiger partial charge in [0.1, 0.15) is 0 Å². The van der Waals surface area contributed by atoms with Gasteiger partial charge in [-0.05, 0) is 37.5 Å². The van der Waals surface area contributed by atoms with Crippen molar-refractivity contribution in [3.63, 3.8) is 0 Å². The van der Waals surface area contributed by atoms with Crippen LogP contribution in [0.1, 0.15) is 29.6 Å². The maximum Gasteiger partial charge on any atom is 0.255 e. The number of carbonyl (C=O) groups excluding carboxylic acids is 1. The highest BCUT2D eigenvalue weighted by Crippen LogP contribution is 2.27. The van der Waals surface area contributed by atoms with E-state index in [1.165, 1.54) is 19.3 Å². The SMILES string of the molecule is CN(C)C(=O)c1ccc(N)cc1NC1CCC1. The third-order valence-electron chi connectivity index (χ3n) is 3.15. The van der Waals surface area contributed by atoms with Gasteiger partial charge in [-0.25, -0.2) is 0 Å². The van der Waals surface area contributed by atoms with Gasteiger partial charge in [0.15, 0.2) is 0 Å². The molecule has 0 radical (unpaired) electrons. The Morgan fingerprint density at radius 2 is 2.12 bits per heavy atom. The lowest BCUT2D eigenvalue weighted by Crippen LogP contribution is -2.29. The van der Waals surface area contributed by atoms with E-state index in [1.807, 2.05) is 6.07 Å². The molecule has 1 aromatic rings. The predicted molar refractivity (Wildman–Crippen MR) is 70.1 cm³/mol. The van der Waals surface area contributed by atoms with E-state index in [4.69, 9.17) is 5.73 Å². The summed E-state index contributed by atoms with van der Waals surface area (Å²) in [5.74, 6) is 0.00632. The lowest BCUT2D eigenvalue weighted by molar-refractivity contribution is 0.0828. The Bertz CT molecular complexity index is 425. The number of hydrogen-bond acceptors (Lipinski definition) is 3. The molecule has 0 spiro atoms. The standard InChI is InChI=1S/C13H19N3O/c1-16(2)13(17)11-7-6-9(14)8-12(11)15-10-4-3-5-10/h6-8,10,15H,3-5,14H2,1-2H3. The van der Waals surface area contributed by atoms with E-state index in [0.29, 0.717) is 17.3 Å². The first kappa shape index (κ1) is 11.8. The van der Waals surface area contributed by atoms with E-state index in [-0.39, 0.29) is 5.91 Å². The van der Waals surface area contributed by atoms with Crippen LogP contribution in [0.4, 0.5) is 11.4 Å². The van der Waals surface area contributed by atoms with Gasteiger partial charge in [0.25, 0.3) is 5.91 Å². The van der Waals surface area contributed by atoms with Crippen molar-refractivity contribution in [1.29, 1.82) is 0 Å². The first-order valence-corrected chi connectivity index (χ1v) is 5.95. The second-order valence-electron chi connectivity index (χ2n) is 4.78. The molecule has 0 aliphatic heterocycles. The minimum absolute atomic E-state index is 0.00632. The molecule has 4 nitrogen and oxygen atoms in total. The number of carbonyl (C=O) groups is 1. The van der Waals surface area contributed by atoms with Crippen LogP contribution in [0.15, 0.2) is 18.2 Å². The molecule has 0 saturated heterocycles.